The number of hydrogen-bond acceptors (Lipinski definition) is 4. The molecule has 6 nitrogen and oxygen atoms in total. The Hall–Kier alpha value is -3.48. The van der Waals surface area contributed by atoms with Crippen LogP contribution < -0.4 is 5.32 Å². The molecule has 30 heavy (non-hydrogen) atoms. The van der Waals surface area contributed by atoms with Gasteiger partial charge in [-0.05, 0) is 34.4 Å². The fraction of sp³-hybridized carbons (Fsp3) is 0.167. The lowest BCUT2D eigenvalue weighted by atomic mass is 9.49. The van der Waals surface area contributed by atoms with Crippen LogP contribution in [0.15, 0.2) is 78.9 Å². The number of rotatable bonds is 3. The van der Waals surface area contributed by atoms with Gasteiger partial charge in [0.25, 0.3) is 0 Å². The zero-order chi connectivity index (χ0) is 21.1. The first-order valence-corrected chi connectivity index (χ1v) is 9.63. The zero-order valence-corrected chi connectivity index (χ0v) is 15.8. The van der Waals surface area contributed by atoms with Crippen LogP contribution in [0.5, 0.6) is 0 Å². The van der Waals surface area contributed by atoms with Crippen molar-refractivity contribution >= 4 is 17.6 Å². The van der Waals surface area contributed by atoms with Gasteiger partial charge in [-0.2, -0.15) is 0 Å². The van der Waals surface area contributed by atoms with Crippen LogP contribution in [-0.2, 0) is 20.8 Å². The van der Waals surface area contributed by atoms with Crippen molar-refractivity contribution in [3.8, 4) is 0 Å². The van der Waals surface area contributed by atoms with E-state index in [1.807, 2.05) is 0 Å². The minimum absolute atomic E-state index is 0.308. The number of fused-ring (bicyclic) bond motifs is 1. The minimum Gasteiger partial charge on any atom is -0.481 e. The molecule has 0 saturated carbocycles. The van der Waals surface area contributed by atoms with Crippen molar-refractivity contribution in [3.63, 3.8) is 0 Å². The number of aliphatic carboxylic acids is 1. The van der Waals surface area contributed by atoms with Crippen LogP contribution in [0.25, 0.3) is 0 Å². The summed E-state index contributed by atoms with van der Waals surface area (Å²) in [5, 5.41) is 36.7. The molecule has 1 amide bonds. The maximum Gasteiger partial charge on any atom is 0.311 e. The Morgan fingerprint density at radius 2 is 1.07 bits per heavy atom. The normalized spacial score (nSPS) is 28.3. The number of benzene rings is 3. The zero-order valence-electron chi connectivity index (χ0n) is 15.8. The number of carbonyl (C=O) groups is 2. The van der Waals surface area contributed by atoms with Crippen LogP contribution in [0.1, 0.15) is 22.3 Å². The molecule has 3 aliphatic rings. The maximum absolute atomic E-state index is 13.4. The second kappa shape index (κ2) is 6.26. The molecule has 0 spiro atoms. The van der Waals surface area contributed by atoms with E-state index in [9.17, 15) is 24.9 Å². The quantitative estimate of drug-likeness (QED) is 0.539. The van der Waals surface area contributed by atoms with E-state index in [2.05, 4.69) is 5.32 Å². The Bertz CT molecular complexity index is 1130. The Morgan fingerprint density at radius 3 is 1.50 bits per heavy atom. The third kappa shape index (κ3) is 2.20. The van der Waals surface area contributed by atoms with Crippen LogP contribution in [0, 0.1) is 11.8 Å². The van der Waals surface area contributed by atoms with Crippen molar-refractivity contribution < 1.29 is 24.9 Å². The number of amides is 1. The summed E-state index contributed by atoms with van der Waals surface area (Å²) in [6.45, 7) is 0. The molecule has 2 bridgehead atoms. The number of carboxylic acids is 1. The highest BCUT2D eigenvalue weighted by Gasteiger charge is 2.69. The molecule has 0 heterocycles. The SMILES string of the molecule is O=C(O)C1C(C(=O)Nc2ccccc2)C2(O)c3ccccc3C1(O)c1ccccc12. The Labute approximate surface area is 172 Å². The predicted octanol–water partition coefficient (Wildman–Crippen LogP) is 2.44. The van der Waals surface area contributed by atoms with E-state index in [-0.39, 0.29) is 0 Å². The molecule has 6 rings (SSSR count). The number of carboxylic acid groups (broad SMARTS) is 1. The summed E-state index contributed by atoms with van der Waals surface area (Å²) in [7, 11) is 0. The molecule has 0 radical (unpaired) electrons. The highest BCUT2D eigenvalue weighted by atomic mass is 16.4. The smallest absolute Gasteiger partial charge is 0.311 e. The molecule has 0 aliphatic heterocycles. The third-order valence-corrected chi connectivity index (χ3v) is 6.32. The molecule has 3 aromatic rings. The number of nitrogens with one attached hydrogen (secondary N) is 1. The van der Waals surface area contributed by atoms with Gasteiger partial charge < -0.3 is 20.6 Å². The molecule has 2 unspecified atom stereocenters. The molecule has 0 saturated heterocycles. The lowest BCUT2D eigenvalue weighted by Gasteiger charge is -2.57. The predicted molar refractivity (Wildman–Crippen MR) is 109 cm³/mol. The second-order valence-corrected chi connectivity index (χ2v) is 7.77. The lowest BCUT2D eigenvalue weighted by molar-refractivity contribution is -0.178. The first-order valence-electron chi connectivity index (χ1n) is 9.63. The van der Waals surface area contributed by atoms with E-state index in [1.165, 1.54) is 0 Å². The highest BCUT2D eigenvalue weighted by Crippen LogP contribution is 2.62. The fourth-order valence-corrected chi connectivity index (χ4v) is 5.14. The van der Waals surface area contributed by atoms with Crippen LogP contribution in [0.4, 0.5) is 5.69 Å². The summed E-state index contributed by atoms with van der Waals surface area (Å²) in [4.78, 5) is 25.8. The van der Waals surface area contributed by atoms with Gasteiger partial charge in [-0.25, -0.2) is 0 Å². The van der Waals surface area contributed by atoms with E-state index in [0.717, 1.165) is 0 Å². The molecule has 0 aromatic heterocycles. The Morgan fingerprint density at radius 1 is 0.667 bits per heavy atom. The van der Waals surface area contributed by atoms with Crippen LogP contribution >= 0.6 is 0 Å². The summed E-state index contributed by atoms with van der Waals surface area (Å²) in [5.74, 6) is -5.03. The van der Waals surface area contributed by atoms with Crippen molar-refractivity contribution in [1.82, 2.24) is 0 Å². The van der Waals surface area contributed by atoms with Crippen LogP contribution in [0.3, 0.4) is 0 Å². The number of carbonyl (C=O) groups excluding carboxylic acids is 1. The van der Waals surface area contributed by atoms with E-state index < -0.39 is 34.9 Å². The molecule has 3 aliphatic carbocycles. The topological polar surface area (TPSA) is 107 Å². The van der Waals surface area contributed by atoms with Crippen LogP contribution in [-0.4, -0.2) is 27.2 Å². The van der Waals surface area contributed by atoms with E-state index in [0.29, 0.717) is 27.9 Å². The first-order chi connectivity index (χ1) is 14.4. The monoisotopic (exact) mass is 401 g/mol. The van der Waals surface area contributed by atoms with E-state index in [1.54, 1.807) is 78.9 Å². The molecule has 150 valence electrons. The summed E-state index contributed by atoms with van der Waals surface area (Å²) in [6, 6.07) is 21.9. The van der Waals surface area contributed by atoms with E-state index in [4.69, 9.17) is 0 Å². The third-order valence-electron chi connectivity index (χ3n) is 6.32. The summed E-state index contributed by atoms with van der Waals surface area (Å²) < 4.78 is 0. The summed E-state index contributed by atoms with van der Waals surface area (Å²) in [5.41, 5.74) is -2.08. The highest BCUT2D eigenvalue weighted by molar-refractivity contribution is 5.98. The molecule has 2 atom stereocenters. The van der Waals surface area contributed by atoms with Crippen molar-refractivity contribution in [3.05, 3.63) is 101 Å². The summed E-state index contributed by atoms with van der Waals surface area (Å²) >= 11 is 0. The molecule has 3 aromatic carbocycles. The van der Waals surface area contributed by atoms with Gasteiger partial charge in [-0.3, -0.25) is 9.59 Å². The van der Waals surface area contributed by atoms with Gasteiger partial charge in [-0.15, -0.1) is 0 Å². The fourth-order valence-electron chi connectivity index (χ4n) is 5.14. The molecule has 6 heteroatoms. The number of aliphatic hydroxyl groups is 2. The Kier molecular flexibility index (Phi) is 3.87. The number of hydrogen-bond donors (Lipinski definition) is 4. The van der Waals surface area contributed by atoms with Crippen molar-refractivity contribution in [1.29, 1.82) is 0 Å². The van der Waals surface area contributed by atoms with Gasteiger partial charge in [-0.1, -0.05) is 66.7 Å². The van der Waals surface area contributed by atoms with Gasteiger partial charge in [0.2, 0.25) is 5.91 Å². The minimum atomic E-state index is -1.96. The summed E-state index contributed by atoms with van der Waals surface area (Å²) in [6.07, 6.45) is 0. The van der Waals surface area contributed by atoms with Crippen molar-refractivity contribution in [2.75, 3.05) is 5.32 Å². The van der Waals surface area contributed by atoms with Crippen LogP contribution in [0.2, 0.25) is 0 Å². The number of anilines is 1. The Balaban J connectivity index is 1.78. The van der Waals surface area contributed by atoms with E-state index >= 15 is 0 Å². The molecular weight excluding hydrogens is 382 g/mol. The number of para-hydroxylation sites is 1. The lowest BCUT2D eigenvalue weighted by Crippen LogP contribution is -2.65. The second-order valence-electron chi connectivity index (χ2n) is 7.77. The van der Waals surface area contributed by atoms with Crippen molar-refractivity contribution in [2.24, 2.45) is 11.8 Å². The molecule has 4 N–H and O–H groups in total. The van der Waals surface area contributed by atoms with Gasteiger partial charge >= 0.3 is 5.97 Å². The van der Waals surface area contributed by atoms with Gasteiger partial charge in [0.05, 0.1) is 5.92 Å². The average molecular weight is 401 g/mol. The largest absolute Gasteiger partial charge is 0.481 e. The van der Waals surface area contributed by atoms with Crippen molar-refractivity contribution in [2.45, 2.75) is 11.2 Å². The van der Waals surface area contributed by atoms with Gasteiger partial charge in [0.1, 0.15) is 17.1 Å². The molecular formula is C24H19NO5. The first kappa shape index (κ1) is 18.5. The van der Waals surface area contributed by atoms with Gasteiger partial charge in [0.15, 0.2) is 0 Å². The van der Waals surface area contributed by atoms with Gasteiger partial charge in [0, 0.05) is 5.69 Å². The average Bonchev–Trinajstić information content (AvgIpc) is 2.76. The standard InChI is InChI=1S/C24H19NO5/c26-21(25-14-8-2-1-3-9-14)19-20(22(27)28)24(30)17-12-6-4-10-15(17)23(19,29)16-11-5-7-13-18(16)24/h1-13,19-20,29-30H,(H,25,26)(H,27,28). The molecule has 0 fully saturated rings. The maximum atomic E-state index is 13.4.